The molecule has 7 heteroatoms. The number of alkyl halides is 2. The molecule has 0 aliphatic heterocycles. The van der Waals surface area contributed by atoms with Gasteiger partial charge in [-0.1, -0.05) is 25.7 Å². The third-order valence-electron chi connectivity index (χ3n) is 6.58. The van der Waals surface area contributed by atoms with Gasteiger partial charge in [0.05, 0.1) is 0 Å². The Bertz CT molecular complexity index is 686. The van der Waals surface area contributed by atoms with Crippen LogP contribution in [0.4, 0.5) is 13.2 Å². The number of hydrogen-bond donors (Lipinski definition) is 0. The number of halogens is 3. The van der Waals surface area contributed by atoms with Crippen molar-refractivity contribution in [2.24, 2.45) is 24.8 Å². The predicted octanol–water partition coefficient (Wildman–Crippen LogP) is 4.32. The van der Waals surface area contributed by atoms with Crippen LogP contribution in [0.5, 0.6) is 0 Å². The third kappa shape index (κ3) is 3.14. The lowest BCUT2D eigenvalue weighted by atomic mass is 9.73. The molecule has 0 aromatic carbocycles. The predicted molar refractivity (Wildman–Crippen MR) is 90.4 cm³/mol. The second-order valence-electron chi connectivity index (χ2n) is 8.21. The molecule has 1 heterocycles. The first-order valence-corrected chi connectivity index (χ1v) is 9.79. The largest absolute Gasteiger partial charge is 0.335 e. The Morgan fingerprint density at radius 2 is 1.88 bits per heavy atom. The molecule has 0 bridgehead atoms. The SMILES string of the molecule is Cn1nc(C(F)F)c(C(=O)N(CC2CCCC3CCCC32)C2CC2)c1F. The van der Waals surface area contributed by atoms with Crippen LogP contribution in [-0.2, 0) is 7.05 Å². The third-order valence-corrected chi connectivity index (χ3v) is 6.58. The van der Waals surface area contributed by atoms with E-state index in [1.54, 1.807) is 4.90 Å². The lowest BCUT2D eigenvalue weighted by molar-refractivity contribution is 0.0617. The van der Waals surface area contributed by atoms with Crippen molar-refractivity contribution in [1.82, 2.24) is 14.7 Å². The van der Waals surface area contributed by atoms with Gasteiger partial charge in [0.15, 0.2) is 0 Å². The van der Waals surface area contributed by atoms with Crippen molar-refractivity contribution in [3.05, 3.63) is 17.2 Å². The van der Waals surface area contributed by atoms with Gasteiger partial charge in [0.25, 0.3) is 12.3 Å². The minimum Gasteiger partial charge on any atom is -0.335 e. The summed E-state index contributed by atoms with van der Waals surface area (Å²) >= 11 is 0. The Labute approximate surface area is 151 Å². The number of carbonyl (C=O) groups excluding carboxylic acids is 1. The van der Waals surface area contributed by atoms with Crippen LogP contribution < -0.4 is 0 Å². The van der Waals surface area contributed by atoms with Crippen molar-refractivity contribution < 1.29 is 18.0 Å². The van der Waals surface area contributed by atoms with Crippen molar-refractivity contribution in [3.63, 3.8) is 0 Å². The molecule has 3 saturated carbocycles. The highest BCUT2D eigenvalue weighted by Gasteiger charge is 2.42. The number of aromatic nitrogens is 2. The average molecular weight is 369 g/mol. The molecule has 1 aromatic heterocycles. The first-order valence-electron chi connectivity index (χ1n) is 9.79. The van der Waals surface area contributed by atoms with Crippen LogP contribution >= 0.6 is 0 Å². The van der Waals surface area contributed by atoms with Gasteiger partial charge in [-0.15, -0.1) is 0 Å². The summed E-state index contributed by atoms with van der Waals surface area (Å²) in [6.45, 7) is 0.571. The second-order valence-corrected chi connectivity index (χ2v) is 8.21. The molecule has 26 heavy (non-hydrogen) atoms. The lowest BCUT2D eigenvalue weighted by Crippen LogP contribution is -2.41. The highest BCUT2D eigenvalue weighted by atomic mass is 19.3. The van der Waals surface area contributed by atoms with E-state index in [9.17, 15) is 18.0 Å². The molecule has 3 atom stereocenters. The Hall–Kier alpha value is -1.53. The zero-order chi connectivity index (χ0) is 18.4. The van der Waals surface area contributed by atoms with Crippen molar-refractivity contribution in [2.75, 3.05) is 6.54 Å². The molecule has 3 fully saturated rings. The highest BCUT2D eigenvalue weighted by molar-refractivity contribution is 5.96. The summed E-state index contributed by atoms with van der Waals surface area (Å²) in [5.41, 5.74) is -1.27. The molecule has 3 aliphatic rings. The molecule has 0 spiro atoms. The number of hydrogen-bond acceptors (Lipinski definition) is 2. The fraction of sp³-hybridized carbons (Fsp3) is 0.789. The Morgan fingerprint density at radius 1 is 1.19 bits per heavy atom. The average Bonchev–Trinajstić information content (AvgIpc) is 3.25. The van der Waals surface area contributed by atoms with E-state index >= 15 is 0 Å². The van der Waals surface area contributed by atoms with Gasteiger partial charge < -0.3 is 4.90 Å². The first-order chi connectivity index (χ1) is 12.5. The van der Waals surface area contributed by atoms with E-state index in [-0.39, 0.29) is 6.04 Å². The molecule has 1 aromatic rings. The lowest BCUT2D eigenvalue weighted by Gasteiger charge is -2.37. The molecule has 3 unspecified atom stereocenters. The molecular formula is C19H26F3N3O. The summed E-state index contributed by atoms with van der Waals surface area (Å²) in [7, 11) is 1.25. The molecule has 0 saturated heterocycles. The van der Waals surface area contributed by atoms with Crippen molar-refractivity contribution in [2.45, 2.75) is 63.8 Å². The van der Waals surface area contributed by atoms with Crippen LogP contribution in [-0.4, -0.2) is 33.2 Å². The van der Waals surface area contributed by atoms with E-state index < -0.39 is 29.5 Å². The quantitative estimate of drug-likeness (QED) is 0.775. The normalized spacial score (nSPS) is 28.4. The first kappa shape index (κ1) is 17.9. The Balaban J connectivity index is 1.58. The molecule has 0 N–H and O–H groups in total. The zero-order valence-corrected chi connectivity index (χ0v) is 15.1. The maximum atomic E-state index is 14.4. The van der Waals surface area contributed by atoms with Crippen molar-refractivity contribution in [3.8, 4) is 0 Å². The summed E-state index contributed by atoms with van der Waals surface area (Å²) < 4.78 is 41.7. The van der Waals surface area contributed by atoms with Gasteiger partial charge in [-0.25, -0.2) is 13.5 Å². The van der Waals surface area contributed by atoms with E-state index in [0.29, 0.717) is 18.4 Å². The number of nitrogens with zero attached hydrogens (tertiary/aromatic N) is 3. The van der Waals surface area contributed by atoms with Crippen LogP contribution in [0, 0.1) is 23.7 Å². The molecule has 0 radical (unpaired) electrons. The number of fused-ring (bicyclic) bond motifs is 1. The van der Waals surface area contributed by atoms with Crippen LogP contribution in [0.15, 0.2) is 0 Å². The number of amides is 1. The van der Waals surface area contributed by atoms with Crippen molar-refractivity contribution >= 4 is 5.91 Å². The second kappa shape index (κ2) is 6.89. The smallest absolute Gasteiger partial charge is 0.283 e. The van der Waals surface area contributed by atoms with E-state index in [1.807, 2.05) is 0 Å². The Kier molecular flexibility index (Phi) is 4.73. The summed E-state index contributed by atoms with van der Waals surface area (Å²) in [6, 6.07) is 0.0643. The summed E-state index contributed by atoms with van der Waals surface area (Å²) in [4.78, 5) is 14.7. The van der Waals surface area contributed by atoms with Gasteiger partial charge in [-0.2, -0.15) is 9.49 Å². The summed E-state index contributed by atoms with van der Waals surface area (Å²) in [6.07, 6.45) is 6.02. The molecule has 1 amide bonds. The van der Waals surface area contributed by atoms with E-state index in [2.05, 4.69) is 5.10 Å². The topological polar surface area (TPSA) is 38.1 Å². The maximum absolute atomic E-state index is 14.4. The number of rotatable bonds is 5. The number of aryl methyl sites for hydroxylation is 1. The Morgan fingerprint density at radius 3 is 2.54 bits per heavy atom. The monoisotopic (exact) mass is 369 g/mol. The minimum absolute atomic E-state index is 0.0643. The standard InChI is InChI=1S/C19H26F3N3O/c1-24-18(22)15(16(23-24)17(20)21)19(26)25(13-8-9-13)10-12-6-2-4-11-5-3-7-14(11)12/h11-14,17H,2-10H2,1H3. The van der Waals surface area contributed by atoms with E-state index in [1.165, 1.54) is 39.2 Å². The van der Waals surface area contributed by atoms with E-state index in [0.717, 1.165) is 29.9 Å². The molecule has 4 rings (SSSR count). The highest BCUT2D eigenvalue weighted by Crippen LogP contribution is 2.46. The van der Waals surface area contributed by atoms with Gasteiger partial charge in [-0.05, 0) is 43.4 Å². The van der Waals surface area contributed by atoms with Crippen LogP contribution in [0.3, 0.4) is 0 Å². The van der Waals surface area contributed by atoms with Gasteiger partial charge in [0.1, 0.15) is 11.3 Å². The summed E-state index contributed by atoms with van der Waals surface area (Å²) in [5.74, 6) is 0.227. The van der Waals surface area contributed by atoms with E-state index in [4.69, 9.17) is 0 Å². The fourth-order valence-electron chi connectivity index (χ4n) is 5.18. The van der Waals surface area contributed by atoms with Gasteiger partial charge in [0, 0.05) is 19.6 Å². The van der Waals surface area contributed by atoms with Crippen LogP contribution in [0.25, 0.3) is 0 Å². The molecule has 144 valence electrons. The van der Waals surface area contributed by atoms with Gasteiger partial charge in [-0.3, -0.25) is 4.79 Å². The zero-order valence-electron chi connectivity index (χ0n) is 15.1. The van der Waals surface area contributed by atoms with Gasteiger partial charge in [0.2, 0.25) is 5.95 Å². The minimum atomic E-state index is -2.96. The summed E-state index contributed by atoms with van der Waals surface area (Å²) in [5, 5.41) is 3.54. The van der Waals surface area contributed by atoms with Crippen LogP contribution in [0.2, 0.25) is 0 Å². The molecule has 4 nitrogen and oxygen atoms in total. The maximum Gasteiger partial charge on any atom is 0.283 e. The number of carbonyl (C=O) groups is 1. The van der Waals surface area contributed by atoms with Crippen molar-refractivity contribution in [1.29, 1.82) is 0 Å². The van der Waals surface area contributed by atoms with Crippen LogP contribution in [0.1, 0.15) is 73.8 Å². The molecular weight excluding hydrogens is 343 g/mol. The van der Waals surface area contributed by atoms with Gasteiger partial charge >= 0.3 is 0 Å². The fourth-order valence-corrected chi connectivity index (χ4v) is 5.18. The molecule has 3 aliphatic carbocycles.